The monoisotopic (exact) mass is 218 g/mol. The molecule has 14 heavy (non-hydrogen) atoms. The van der Waals surface area contributed by atoms with Crippen molar-refractivity contribution < 1.29 is 13.2 Å². The van der Waals surface area contributed by atoms with Gasteiger partial charge in [-0.05, 0) is 0 Å². The van der Waals surface area contributed by atoms with Gasteiger partial charge in [0.15, 0.2) is 9.84 Å². The van der Waals surface area contributed by atoms with E-state index in [9.17, 15) is 13.2 Å². The van der Waals surface area contributed by atoms with Gasteiger partial charge < -0.3 is 11.1 Å². The van der Waals surface area contributed by atoms with Crippen molar-refractivity contribution in [1.82, 2.24) is 5.32 Å². The number of carbonyl (C=O) groups excluding carboxylic acids is 1. The summed E-state index contributed by atoms with van der Waals surface area (Å²) in [7, 11) is -3.28. The van der Waals surface area contributed by atoms with Crippen molar-refractivity contribution in [2.24, 2.45) is 5.73 Å². The number of terminal acetylenes is 1. The van der Waals surface area contributed by atoms with Crippen LogP contribution in [-0.4, -0.2) is 38.9 Å². The summed E-state index contributed by atoms with van der Waals surface area (Å²) in [5.41, 5.74) is 5.15. The van der Waals surface area contributed by atoms with Gasteiger partial charge in [0.25, 0.3) is 0 Å². The lowest BCUT2D eigenvalue weighted by molar-refractivity contribution is -0.120. The molecule has 0 aliphatic heterocycles. The predicted octanol–water partition coefficient (Wildman–Crippen LogP) is -1.50. The number of carbonyl (C=O) groups is 1. The van der Waals surface area contributed by atoms with Gasteiger partial charge >= 0.3 is 0 Å². The molecule has 0 aromatic heterocycles. The quantitative estimate of drug-likeness (QED) is 0.531. The second-order valence-electron chi connectivity index (χ2n) is 2.68. The van der Waals surface area contributed by atoms with Crippen molar-refractivity contribution in [2.45, 2.75) is 6.42 Å². The molecule has 0 aromatic carbocycles. The Morgan fingerprint density at radius 2 is 2.14 bits per heavy atom. The molecule has 0 unspecified atom stereocenters. The first-order valence-electron chi connectivity index (χ1n) is 4.12. The van der Waals surface area contributed by atoms with Crippen LogP contribution in [-0.2, 0) is 14.6 Å². The summed E-state index contributed by atoms with van der Waals surface area (Å²) in [6, 6.07) is 0. The molecule has 0 bridgehead atoms. The van der Waals surface area contributed by atoms with E-state index in [0.717, 1.165) is 0 Å². The van der Waals surface area contributed by atoms with E-state index in [4.69, 9.17) is 12.2 Å². The van der Waals surface area contributed by atoms with Crippen LogP contribution in [0.4, 0.5) is 0 Å². The lowest BCUT2D eigenvalue weighted by atomic mass is 10.4. The number of rotatable bonds is 6. The first-order chi connectivity index (χ1) is 6.52. The van der Waals surface area contributed by atoms with Gasteiger partial charge in [0.1, 0.15) is 5.75 Å². The van der Waals surface area contributed by atoms with Crippen LogP contribution >= 0.6 is 0 Å². The molecule has 0 aliphatic rings. The van der Waals surface area contributed by atoms with Crippen molar-refractivity contribution in [1.29, 1.82) is 0 Å². The van der Waals surface area contributed by atoms with Crippen molar-refractivity contribution in [3.05, 3.63) is 0 Å². The molecule has 0 atom stereocenters. The number of sulfone groups is 1. The summed E-state index contributed by atoms with van der Waals surface area (Å²) in [4.78, 5) is 11.0. The van der Waals surface area contributed by atoms with E-state index in [1.165, 1.54) is 0 Å². The molecule has 0 aromatic rings. The number of amides is 1. The van der Waals surface area contributed by atoms with Crippen LogP contribution in [0.3, 0.4) is 0 Å². The normalized spacial score (nSPS) is 10.6. The fourth-order valence-corrected chi connectivity index (χ4v) is 1.64. The van der Waals surface area contributed by atoms with Crippen molar-refractivity contribution >= 4 is 15.7 Å². The minimum absolute atomic E-state index is 0.0655. The molecule has 0 saturated carbocycles. The van der Waals surface area contributed by atoms with Crippen molar-refractivity contribution in [2.75, 3.05) is 24.6 Å². The molecule has 3 N–H and O–H groups in total. The number of hydrogen-bond donors (Lipinski definition) is 2. The van der Waals surface area contributed by atoms with Crippen molar-refractivity contribution in [3.8, 4) is 12.3 Å². The Labute approximate surface area is 84.0 Å². The predicted molar refractivity (Wildman–Crippen MR) is 54.2 cm³/mol. The van der Waals surface area contributed by atoms with Crippen LogP contribution in [0.5, 0.6) is 0 Å². The Morgan fingerprint density at radius 1 is 1.50 bits per heavy atom. The largest absolute Gasteiger partial charge is 0.355 e. The molecule has 5 nitrogen and oxygen atoms in total. The minimum atomic E-state index is -3.28. The van der Waals surface area contributed by atoms with E-state index >= 15 is 0 Å². The molecule has 1 amide bonds. The maximum absolute atomic E-state index is 11.1. The van der Waals surface area contributed by atoms with Crippen molar-refractivity contribution in [3.63, 3.8) is 0 Å². The maximum Gasteiger partial charge on any atom is 0.221 e. The zero-order chi connectivity index (χ0) is 11.0. The van der Waals surface area contributed by atoms with Crippen LogP contribution in [0.1, 0.15) is 6.42 Å². The molecular formula is C8H14N2O3S. The average molecular weight is 218 g/mol. The van der Waals surface area contributed by atoms with Gasteiger partial charge in [-0.3, -0.25) is 4.79 Å². The Hall–Kier alpha value is -1.06. The van der Waals surface area contributed by atoms with Crippen LogP contribution in [0.2, 0.25) is 0 Å². The Morgan fingerprint density at radius 3 is 2.64 bits per heavy atom. The maximum atomic E-state index is 11.1. The molecular weight excluding hydrogens is 204 g/mol. The lowest BCUT2D eigenvalue weighted by Gasteiger charge is -2.02. The summed E-state index contributed by atoms with van der Waals surface area (Å²) in [6.07, 6.45) is 4.79. The average Bonchev–Trinajstić information content (AvgIpc) is 2.11. The first-order valence-corrected chi connectivity index (χ1v) is 5.94. The van der Waals surface area contributed by atoms with Gasteiger partial charge in [0.05, 0.1) is 5.75 Å². The number of nitrogens with two attached hydrogens (primary N) is 1. The van der Waals surface area contributed by atoms with E-state index in [-0.39, 0.29) is 23.8 Å². The zero-order valence-electron chi connectivity index (χ0n) is 7.82. The summed E-state index contributed by atoms with van der Waals surface area (Å²) in [5, 5.41) is 2.47. The van der Waals surface area contributed by atoms with Gasteiger partial charge in [-0.1, -0.05) is 5.92 Å². The summed E-state index contributed by atoms with van der Waals surface area (Å²) >= 11 is 0. The number of hydrogen-bond acceptors (Lipinski definition) is 4. The molecule has 0 saturated heterocycles. The molecule has 6 heteroatoms. The highest BCUT2D eigenvalue weighted by Crippen LogP contribution is 1.92. The third kappa shape index (κ3) is 6.46. The van der Waals surface area contributed by atoms with Crippen LogP contribution in [0.15, 0.2) is 0 Å². The highest BCUT2D eigenvalue weighted by atomic mass is 32.2. The zero-order valence-corrected chi connectivity index (χ0v) is 8.64. The van der Waals surface area contributed by atoms with Gasteiger partial charge in [-0.2, -0.15) is 0 Å². The highest BCUT2D eigenvalue weighted by molar-refractivity contribution is 7.91. The molecule has 0 heterocycles. The standard InChI is InChI=1S/C8H14N2O3S/c1-2-6-14(12,13)7-3-8(11)10-5-4-9/h1H,3-7,9H2,(H,10,11). The second kappa shape index (κ2) is 6.40. The molecule has 80 valence electrons. The molecule has 0 radical (unpaired) electrons. The lowest BCUT2D eigenvalue weighted by Crippen LogP contribution is -2.30. The Balaban J connectivity index is 3.83. The Bertz CT molecular complexity index is 316. The highest BCUT2D eigenvalue weighted by Gasteiger charge is 2.11. The number of nitrogens with one attached hydrogen (secondary N) is 1. The van der Waals surface area contributed by atoms with Crippen LogP contribution in [0.25, 0.3) is 0 Å². The summed E-state index contributed by atoms with van der Waals surface area (Å²) in [5.74, 6) is 1.18. The van der Waals surface area contributed by atoms with Gasteiger partial charge in [0, 0.05) is 19.5 Å². The van der Waals surface area contributed by atoms with E-state index in [1.54, 1.807) is 0 Å². The Kier molecular flexibility index (Phi) is 5.92. The summed E-state index contributed by atoms with van der Waals surface area (Å²) < 4.78 is 22.1. The first kappa shape index (κ1) is 12.9. The van der Waals surface area contributed by atoms with E-state index < -0.39 is 9.84 Å². The fourth-order valence-electron chi connectivity index (χ4n) is 0.747. The van der Waals surface area contributed by atoms with Crippen LogP contribution < -0.4 is 11.1 Å². The third-order valence-corrected chi connectivity index (χ3v) is 2.84. The van der Waals surface area contributed by atoms with E-state index in [2.05, 4.69) is 5.32 Å². The van der Waals surface area contributed by atoms with E-state index in [0.29, 0.717) is 13.1 Å². The minimum Gasteiger partial charge on any atom is -0.355 e. The topological polar surface area (TPSA) is 89.3 Å². The summed E-state index contributed by atoms with van der Waals surface area (Å²) in [6.45, 7) is 0.691. The van der Waals surface area contributed by atoms with E-state index in [1.807, 2.05) is 5.92 Å². The SMILES string of the molecule is C#CCS(=O)(=O)CCC(=O)NCCN. The molecule has 0 aliphatic carbocycles. The van der Waals surface area contributed by atoms with Gasteiger partial charge in [-0.25, -0.2) is 8.42 Å². The smallest absolute Gasteiger partial charge is 0.221 e. The molecule has 0 spiro atoms. The van der Waals surface area contributed by atoms with Gasteiger partial charge in [0.2, 0.25) is 5.91 Å². The molecule has 0 rings (SSSR count). The fraction of sp³-hybridized carbons (Fsp3) is 0.625. The molecule has 0 fully saturated rings. The van der Waals surface area contributed by atoms with Gasteiger partial charge in [-0.15, -0.1) is 6.42 Å². The van der Waals surface area contributed by atoms with Crippen LogP contribution in [0, 0.1) is 12.3 Å². The second-order valence-corrected chi connectivity index (χ2v) is 4.87. The third-order valence-electron chi connectivity index (χ3n) is 1.41.